The van der Waals surface area contributed by atoms with Crippen LogP contribution in [0.2, 0.25) is 0 Å². The van der Waals surface area contributed by atoms with Crippen molar-refractivity contribution in [3.05, 3.63) is 57.8 Å². The van der Waals surface area contributed by atoms with Gasteiger partial charge < -0.3 is 10.1 Å². The summed E-state index contributed by atoms with van der Waals surface area (Å²) in [5.41, 5.74) is -0.542. The highest BCUT2D eigenvalue weighted by molar-refractivity contribution is 7.12. The molecule has 0 saturated heterocycles. The van der Waals surface area contributed by atoms with E-state index in [-0.39, 0.29) is 31.0 Å². The molecule has 0 fully saturated rings. The minimum Gasteiger partial charge on any atom is -0.461 e. The van der Waals surface area contributed by atoms with Crippen LogP contribution in [0.15, 0.2) is 41.8 Å². The zero-order valence-electron chi connectivity index (χ0n) is 12.4. The fourth-order valence-corrected chi connectivity index (χ4v) is 2.49. The fourth-order valence-electron chi connectivity index (χ4n) is 1.85. The third kappa shape index (κ3) is 5.38. The molecule has 0 unspecified atom stereocenters. The van der Waals surface area contributed by atoms with E-state index in [9.17, 15) is 22.8 Å². The average molecular weight is 357 g/mol. The summed E-state index contributed by atoms with van der Waals surface area (Å²) in [6.45, 7) is -0.153. The summed E-state index contributed by atoms with van der Waals surface area (Å²) >= 11 is 1.28. The van der Waals surface area contributed by atoms with Crippen LogP contribution < -0.4 is 5.32 Å². The number of carbonyl (C=O) groups excluding carboxylic acids is 2. The van der Waals surface area contributed by atoms with Crippen LogP contribution in [0.3, 0.4) is 0 Å². The Morgan fingerprint density at radius 2 is 1.96 bits per heavy atom. The maximum absolute atomic E-state index is 12.6. The number of halogens is 3. The number of esters is 1. The number of rotatable bonds is 6. The van der Waals surface area contributed by atoms with E-state index in [0.29, 0.717) is 4.88 Å². The van der Waals surface area contributed by atoms with E-state index >= 15 is 0 Å². The highest BCUT2D eigenvalue weighted by atomic mass is 32.1. The van der Waals surface area contributed by atoms with Crippen molar-refractivity contribution in [2.75, 3.05) is 6.54 Å². The summed E-state index contributed by atoms with van der Waals surface area (Å²) in [5.74, 6) is -0.880. The molecule has 2 aromatic rings. The zero-order chi connectivity index (χ0) is 17.6. The first kappa shape index (κ1) is 18.0. The van der Waals surface area contributed by atoms with Crippen molar-refractivity contribution in [2.45, 2.75) is 19.2 Å². The Labute approximate surface area is 140 Å². The predicted octanol–water partition coefficient (Wildman–Crippen LogP) is 3.63. The molecule has 8 heteroatoms. The molecule has 0 aliphatic heterocycles. The van der Waals surface area contributed by atoms with Gasteiger partial charge in [-0.2, -0.15) is 13.2 Å². The van der Waals surface area contributed by atoms with Crippen LogP contribution in [0.1, 0.15) is 27.2 Å². The smallest absolute Gasteiger partial charge is 0.416 e. The quantitative estimate of drug-likeness (QED) is 0.803. The maximum Gasteiger partial charge on any atom is 0.416 e. The van der Waals surface area contributed by atoms with Crippen LogP contribution in [-0.2, 0) is 22.3 Å². The van der Waals surface area contributed by atoms with E-state index in [1.165, 1.54) is 23.5 Å². The Morgan fingerprint density at radius 3 is 2.62 bits per heavy atom. The van der Waals surface area contributed by atoms with Crippen molar-refractivity contribution < 1.29 is 27.5 Å². The predicted molar refractivity (Wildman–Crippen MR) is 82.5 cm³/mol. The molecule has 24 heavy (non-hydrogen) atoms. The molecule has 1 aromatic heterocycles. The Bertz CT molecular complexity index is 699. The molecule has 2 rings (SSSR count). The molecule has 0 aliphatic rings. The average Bonchev–Trinajstić information content (AvgIpc) is 3.07. The summed E-state index contributed by atoms with van der Waals surface area (Å²) in [4.78, 5) is 23.7. The van der Waals surface area contributed by atoms with Crippen molar-refractivity contribution in [1.82, 2.24) is 5.32 Å². The first-order valence-electron chi connectivity index (χ1n) is 7.00. The number of amides is 1. The van der Waals surface area contributed by atoms with Crippen molar-refractivity contribution in [1.29, 1.82) is 0 Å². The Hall–Kier alpha value is -2.35. The van der Waals surface area contributed by atoms with Gasteiger partial charge >= 0.3 is 12.1 Å². The van der Waals surface area contributed by atoms with Gasteiger partial charge in [-0.1, -0.05) is 18.2 Å². The van der Waals surface area contributed by atoms with Gasteiger partial charge in [0.25, 0.3) is 5.91 Å². The molecule has 0 spiro atoms. The number of hydrogen-bond acceptors (Lipinski definition) is 4. The number of alkyl halides is 3. The molecule has 0 bridgehead atoms. The van der Waals surface area contributed by atoms with Crippen molar-refractivity contribution in [3.8, 4) is 0 Å². The standard InChI is InChI=1S/C16H14F3NO3S/c17-16(18,19)12-4-1-3-11(9-12)10-23-14(21)6-7-20-15(22)13-5-2-8-24-13/h1-5,8-9H,6-7,10H2,(H,20,22). The Balaban J connectivity index is 1.74. The minimum absolute atomic E-state index is 0.0594. The van der Waals surface area contributed by atoms with Crippen molar-refractivity contribution in [2.24, 2.45) is 0 Å². The first-order valence-corrected chi connectivity index (χ1v) is 7.87. The van der Waals surface area contributed by atoms with Crippen LogP contribution in [0.4, 0.5) is 13.2 Å². The van der Waals surface area contributed by atoms with E-state index in [1.54, 1.807) is 17.5 Å². The molecule has 1 N–H and O–H groups in total. The van der Waals surface area contributed by atoms with Gasteiger partial charge in [0.1, 0.15) is 6.61 Å². The maximum atomic E-state index is 12.6. The lowest BCUT2D eigenvalue weighted by molar-refractivity contribution is -0.144. The molecule has 1 heterocycles. The summed E-state index contributed by atoms with van der Waals surface area (Å²) in [6, 6.07) is 7.99. The van der Waals surface area contributed by atoms with Gasteiger partial charge in [-0.3, -0.25) is 9.59 Å². The molecule has 1 aromatic carbocycles. The second-order valence-electron chi connectivity index (χ2n) is 4.84. The summed E-state index contributed by atoms with van der Waals surface area (Å²) in [5, 5.41) is 4.33. The third-order valence-corrected chi connectivity index (χ3v) is 3.88. The lowest BCUT2D eigenvalue weighted by atomic mass is 10.1. The second kappa shape index (κ2) is 7.96. The summed E-state index contributed by atoms with van der Waals surface area (Å²) < 4.78 is 42.6. The molecule has 0 atom stereocenters. The van der Waals surface area contributed by atoms with Gasteiger partial charge in [0, 0.05) is 6.54 Å². The van der Waals surface area contributed by atoms with Crippen LogP contribution >= 0.6 is 11.3 Å². The van der Waals surface area contributed by atoms with Crippen LogP contribution in [0.5, 0.6) is 0 Å². The second-order valence-corrected chi connectivity index (χ2v) is 5.79. The minimum atomic E-state index is -4.44. The number of ether oxygens (including phenoxy) is 1. The molecule has 1 amide bonds. The van der Waals surface area contributed by atoms with E-state index in [4.69, 9.17) is 4.74 Å². The number of carbonyl (C=O) groups is 2. The SMILES string of the molecule is O=C(CCNC(=O)c1cccs1)OCc1cccc(C(F)(F)F)c1. The summed E-state index contributed by atoms with van der Waals surface area (Å²) in [6.07, 6.45) is -4.50. The van der Waals surface area contributed by atoms with Gasteiger partial charge in [-0.05, 0) is 29.1 Å². The Morgan fingerprint density at radius 1 is 1.17 bits per heavy atom. The molecule has 128 valence electrons. The molecule has 0 radical (unpaired) electrons. The van der Waals surface area contributed by atoms with Gasteiger partial charge in [-0.25, -0.2) is 0 Å². The van der Waals surface area contributed by atoms with E-state index in [2.05, 4.69) is 5.32 Å². The third-order valence-electron chi connectivity index (χ3n) is 3.01. The van der Waals surface area contributed by atoms with E-state index in [0.717, 1.165) is 12.1 Å². The van der Waals surface area contributed by atoms with Crippen molar-refractivity contribution in [3.63, 3.8) is 0 Å². The first-order chi connectivity index (χ1) is 11.4. The van der Waals surface area contributed by atoms with Gasteiger partial charge in [0.2, 0.25) is 0 Å². The number of benzene rings is 1. The zero-order valence-corrected chi connectivity index (χ0v) is 13.2. The largest absolute Gasteiger partial charge is 0.461 e. The monoisotopic (exact) mass is 357 g/mol. The topological polar surface area (TPSA) is 55.4 Å². The van der Waals surface area contributed by atoms with Crippen LogP contribution in [-0.4, -0.2) is 18.4 Å². The molecule has 0 aliphatic carbocycles. The number of hydrogen-bond donors (Lipinski definition) is 1. The van der Waals surface area contributed by atoms with Crippen molar-refractivity contribution >= 4 is 23.2 Å². The highest BCUT2D eigenvalue weighted by Crippen LogP contribution is 2.29. The Kier molecular flexibility index (Phi) is 5.97. The lowest BCUT2D eigenvalue weighted by Gasteiger charge is -2.09. The fraction of sp³-hybridized carbons (Fsp3) is 0.250. The van der Waals surface area contributed by atoms with E-state index < -0.39 is 17.7 Å². The van der Waals surface area contributed by atoms with Gasteiger partial charge in [0.15, 0.2) is 0 Å². The van der Waals surface area contributed by atoms with Gasteiger partial charge in [-0.15, -0.1) is 11.3 Å². The number of thiophene rings is 1. The molecule has 0 saturated carbocycles. The van der Waals surface area contributed by atoms with E-state index in [1.807, 2.05) is 0 Å². The van der Waals surface area contributed by atoms with Gasteiger partial charge in [0.05, 0.1) is 16.9 Å². The number of nitrogens with one attached hydrogen (secondary N) is 1. The molecular formula is C16H14F3NO3S. The van der Waals surface area contributed by atoms with Crippen LogP contribution in [0.25, 0.3) is 0 Å². The lowest BCUT2D eigenvalue weighted by Crippen LogP contribution is -2.25. The molecule has 4 nitrogen and oxygen atoms in total. The molecular weight excluding hydrogens is 343 g/mol. The van der Waals surface area contributed by atoms with Crippen LogP contribution in [0, 0.1) is 0 Å². The normalized spacial score (nSPS) is 11.1. The highest BCUT2D eigenvalue weighted by Gasteiger charge is 2.30. The summed E-state index contributed by atoms with van der Waals surface area (Å²) in [7, 11) is 0.